The number of anilines is 2. The number of piperidine rings is 1. The van der Waals surface area contributed by atoms with E-state index >= 15 is 0 Å². The summed E-state index contributed by atoms with van der Waals surface area (Å²) in [4.78, 5) is 14.1. The number of hydrogen-bond acceptors (Lipinski definition) is 6. The number of nitrogens with zero attached hydrogens (tertiary/aromatic N) is 1. The molecule has 0 aliphatic carbocycles. The topological polar surface area (TPSA) is 95.7 Å². The first kappa shape index (κ1) is 31.7. The van der Waals surface area contributed by atoms with Crippen molar-refractivity contribution in [1.82, 2.24) is 0 Å². The molecule has 1 heterocycles. The van der Waals surface area contributed by atoms with Gasteiger partial charge in [-0.15, -0.1) is 0 Å². The summed E-state index contributed by atoms with van der Waals surface area (Å²) >= 11 is -2.24. The number of esters is 1. The summed E-state index contributed by atoms with van der Waals surface area (Å²) < 4.78 is 26.0. The van der Waals surface area contributed by atoms with Gasteiger partial charge in [0.2, 0.25) is 0 Å². The molecule has 0 radical (unpaired) electrons. The van der Waals surface area contributed by atoms with Crippen LogP contribution >= 0.6 is 0 Å². The van der Waals surface area contributed by atoms with E-state index in [4.69, 9.17) is 5.73 Å². The Labute approximate surface area is 225 Å². The van der Waals surface area contributed by atoms with Crippen molar-refractivity contribution in [3.8, 4) is 0 Å². The largest absolute Gasteiger partial charge is 2.00 e. The SMILES string of the molecule is COC(=O)C(C)(C)c1ccc(S(=O)[O-])cc1.[CH2-]C1(C)CCN(c2ccccc2N)CC1.[CH3-].[U+2]. The number of carbonyl (C=O) groups is 1. The first-order chi connectivity index (χ1) is 14.5. The summed E-state index contributed by atoms with van der Waals surface area (Å²) in [6.45, 7) is 12.0. The fourth-order valence-corrected chi connectivity index (χ4v) is 3.78. The van der Waals surface area contributed by atoms with Gasteiger partial charge < -0.3 is 34.3 Å². The molecule has 0 amide bonds. The molecule has 0 bridgehead atoms. The standard InChI is InChI=1S/C13H19N2.C11H14O4S.CH3.U/c1-13(2)7-9-15(10-8-13)12-6-4-3-5-11(12)14;1-11(2,10(12)15-3)8-4-6-9(7-5-8)16(13)14;;/h3-6H,1,7-10,14H2,2H3;4-7H,1-3H3,(H,13,14);1H3;/q-1;;-1;+2/p-1. The molecule has 2 aromatic carbocycles. The monoisotopic (exact) mass is 697 g/mol. The molecule has 1 atom stereocenters. The average Bonchev–Trinajstić information content (AvgIpc) is 2.74. The second-order valence-electron chi connectivity index (χ2n) is 8.73. The molecule has 180 valence electrons. The summed E-state index contributed by atoms with van der Waals surface area (Å²) in [5.74, 6) is -0.358. The Bertz CT molecular complexity index is 907. The van der Waals surface area contributed by atoms with Crippen LogP contribution in [0.5, 0.6) is 0 Å². The zero-order valence-electron chi connectivity index (χ0n) is 20.2. The number of ether oxygens (including phenoxy) is 1. The minimum absolute atomic E-state index is 0. The van der Waals surface area contributed by atoms with Gasteiger partial charge in [0.25, 0.3) is 0 Å². The van der Waals surface area contributed by atoms with Gasteiger partial charge in [0.05, 0.1) is 23.9 Å². The van der Waals surface area contributed by atoms with Gasteiger partial charge in [-0.2, -0.15) is 5.41 Å². The Morgan fingerprint density at radius 2 is 1.67 bits per heavy atom. The maximum Gasteiger partial charge on any atom is 2.00 e. The second-order valence-corrected chi connectivity index (χ2v) is 9.67. The summed E-state index contributed by atoms with van der Waals surface area (Å²) in [6, 6.07) is 14.2. The zero-order valence-corrected chi connectivity index (χ0v) is 25.2. The summed E-state index contributed by atoms with van der Waals surface area (Å²) in [5, 5.41) is 0. The number of hydrogen-bond donors (Lipinski definition) is 1. The summed E-state index contributed by atoms with van der Waals surface area (Å²) in [7, 11) is 1.32. The Morgan fingerprint density at radius 3 is 2.12 bits per heavy atom. The van der Waals surface area contributed by atoms with Gasteiger partial charge in [0.15, 0.2) is 0 Å². The third-order valence-corrected chi connectivity index (χ3v) is 6.37. The fraction of sp³-hybridized carbons (Fsp3) is 0.400. The number of nitrogen functional groups attached to an aromatic ring is 1. The van der Waals surface area contributed by atoms with Crippen molar-refractivity contribution in [2.45, 2.75) is 43.9 Å². The van der Waals surface area contributed by atoms with E-state index in [1.807, 2.05) is 18.2 Å². The fourth-order valence-electron chi connectivity index (χ4n) is 3.42. The Kier molecular flexibility index (Phi) is 13.0. The minimum Gasteiger partial charge on any atom is -0.768 e. The maximum absolute atomic E-state index is 11.5. The molecule has 0 spiro atoms. The molecule has 2 N–H and O–H groups in total. The van der Waals surface area contributed by atoms with Crippen LogP contribution in [0.25, 0.3) is 0 Å². The third-order valence-electron chi connectivity index (χ3n) is 5.71. The number of benzene rings is 2. The number of methoxy groups -OCH3 is 1. The van der Waals surface area contributed by atoms with Gasteiger partial charge in [0.1, 0.15) is 0 Å². The normalized spacial score (nSPS) is 15.6. The van der Waals surface area contributed by atoms with Crippen molar-refractivity contribution in [2.75, 3.05) is 30.8 Å². The van der Waals surface area contributed by atoms with E-state index in [-0.39, 0.29) is 54.8 Å². The van der Waals surface area contributed by atoms with E-state index in [1.54, 1.807) is 26.0 Å². The van der Waals surface area contributed by atoms with Gasteiger partial charge in [-0.05, 0) is 54.8 Å². The molecule has 2 aromatic rings. The van der Waals surface area contributed by atoms with E-state index in [9.17, 15) is 13.6 Å². The van der Waals surface area contributed by atoms with E-state index in [1.165, 1.54) is 24.9 Å². The molecule has 8 heteroatoms. The number of para-hydroxylation sites is 2. The van der Waals surface area contributed by atoms with E-state index in [0.29, 0.717) is 5.56 Å². The van der Waals surface area contributed by atoms with E-state index in [0.717, 1.165) is 31.6 Å². The van der Waals surface area contributed by atoms with Crippen molar-refractivity contribution < 1.29 is 49.4 Å². The summed E-state index contributed by atoms with van der Waals surface area (Å²) in [6.07, 6.45) is 2.28. The van der Waals surface area contributed by atoms with Crippen molar-refractivity contribution in [3.05, 3.63) is 68.4 Å². The number of rotatable bonds is 4. The van der Waals surface area contributed by atoms with Crippen LogP contribution in [-0.4, -0.2) is 34.9 Å². The van der Waals surface area contributed by atoms with Gasteiger partial charge >= 0.3 is 37.1 Å². The van der Waals surface area contributed by atoms with Crippen LogP contribution in [0.15, 0.2) is 53.4 Å². The first-order valence-corrected chi connectivity index (χ1v) is 11.3. The molecule has 1 aliphatic heterocycles. The maximum atomic E-state index is 11.5. The molecule has 1 aliphatic rings. The van der Waals surface area contributed by atoms with Crippen LogP contribution in [-0.2, 0) is 26.0 Å². The Balaban J connectivity index is 0.000000586. The molecule has 1 fully saturated rings. The van der Waals surface area contributed by atoms with Crippen LogP contribution in [0.3, 0.4) is 0 Å². The average molecular weight is 698 g/mol. The predicted molar refractivity (Wildman–Crippen MR) is 131 cm³/mol. The number of nitrogens with two attached hydrogens (primary N) is 1. The molecule has 3 rings (SSSR count). The van der Waals surface area contributed by atoms with E-state index in [2.05, 4.69) is 29.6 Å². The minimum atomic E-state index is -2.24. The Hall–Kier alpha value is -1.33. The van der Waals surface area contributed by atoms with Crippen LogP contribution in [0.1, 0.15) is 39.2 Å². The molecule has 0 saturated carbocycles. The molecule has 1 unspecified atom stereocenters. The van der Waals surface area contributed by atoms with Crippen LogP contribution in [0.2, 0.25) is 0 Å². The van der Waals surface area contributed by atoms with Crippen molar-refractivity contribution in [3.63, 3.8) is 0 Å². The Morgan fingerprint density at radius 1 is 1.15 bits per heavy atom. The quantitative estimate of drug-likeness (QED) is 0.219. The van der Waals surface area contributed by atoms with E-state index < -0.39 is 16.5 Å². The molecular formula is C25H35N2O4SU-. The summed E-state index contributed by atoms with van der Waals surface area (Å²) in [5.41, 5.74) is 8.20. The van der Waals surface area contributed by atoms with Crippen LogP contribution < -0.4 is 10.6 Å². The molecule has 0 aromatic heterocycles. The number of carbonyl (C=O) groups excluding carboxylic acids is 1. The second kappa shape index (κ2) is 13.5. The molecule has 1 saturated heterocycles. The van der Waals surface area contributed by atoms with Gasteiger partial charge in [-0.3, -0.25) is 9.00 Å². The smallest absolute Gasteiger partial charge is 0.768 e. The van der Waals surface area contributed by atoms with Crippen molar-refractivity contribution in [2.24, 2.45) is 5.41 Å². The zero-order chi connectivity index (χ0) is 23.2. The van der Waals surface area contributed by atoms with Crippen LogP contribution in [0, 0.1) is 50.9 Å². The van der Waals surface area contributed by atoms with Gasteiger partial charge in [-0.25, -0.2) is 0 Å². The predicted octanol–water partition coefficient (Wildman–Crippen LogP) is 4.53. The van der Waals surface area contributed by atoms with Gasteiger partial charge in [-0.1, -0.05) is 44.0 Å². The first-order valence-electron chi connectivity index (χ1n) is 10.2. The molecule has 6 nitrogen and oxygen atoms in total. The van der Waals surface area contributed by atoms with Crippen molar-refractivity contribution >= 4 is 28.4 Å². The van der Waals surface area contributed by atoms with Crippen LogP contribution in [0.4, 0.5) is 11.4 Å². The molecular weight excluding hydrogens is 662 g/mol. The van der Waals surface area contributed by atoms with Gasteiger partial charge in [0, 0.05) is 18.0 Å². The van der Waals surface area contributed by atoms with Crippen molar-refractivity contribution in [1.29, 1.82) is 0 Å². The third kappa shape index (κ3) is 8.75. The molecule has 33 heavy (non-hydrogen) atoms.